The van der Waals surface area contributed by atoms with Gasteiger partial charge in [-0.15, -0.1) is 0 Å². The molecule has 0 radical (unpaired) electrons. The maximum Gasteiger partial charge on any atom is 0.106 e. The summed E-state index contributed by atoms with van der Waals surface area (Å²) in [5.74, 6) is 0. The zero-order valence-electron chi connectivity index (χ0n) is 10.7. The SMILES string of the molecule is CC1(C)C(Nc2cnccc2C(N)=S)C1(C)C. The molecule has 0 amide bonds. The molecule has 1 aliphatic carbocycles. The van der Waals surface area contributed by atoms with Gasteiger partial charge in [0.15, 0.2) is 0 Å². The molecule has 0 spiro atoms. The van der Waals surface area contributed by atoms with Crippen molar-refractivity contribution in [3.8, 4) is 0 Å². The Morgan fingerprint density at radius 3 is 2.41 bits per heavy atom. The summed E-state index contributed by atoms with van der Waals surface area (Å²) in [6.45, 7) is 9.06. The van der Waals surface area contributed by atoms with Gasteiger partial charge in [0.25, 0.3) is 0 Å². The minimum atomic E-state index is 0.274. The lowest BCUT2D eigenvalue weighted by Crippen LogP contribution is -2.17. The van der Waals surface area contributed by atoms with Gasteiger partial charge in [-0.25, -0.2) is 0 Å². The third kappa shape index (κ3) is 1.80. The van der Waals surface area contributed by atoms with Crippen molar-refractivity contribution in [1.82, 2.24) is 4.98 Å². The Kier molecular flexibility index (Phi) is 2.65. The number of nitrogens with one attached hydrogen (secondary N) is 1. The zero-order chi connectivity index (χ0) is 12.8. The van der Waals surface area contributed by atoms with E-state index in [0.29, 0.717) is 11.0 Å². The van der Waals surface area contributed by atoms with E-state index in [0.717, 1.165) is 11.3 Å². The molecule has 0 aliphatic heterocycles. The van der Waals surface area contributed by atoms with Crippen LogP contribution in [0.4, 0.5) is 5.69 Å². The van der Waals surface area contributed by atoms with Crippen molar-refractivity contribution in [3.05, 3.63) is 24.0 Å². The third-order valence-electron chi connectivity index (χ3n) is 4.41. The molecule has 0 saturated heterocycles. The van der Waals surface area contributed by atoms with Crippen LogP contribution in [0.15, 0.2) is 18.5 Å². The molecule has 0 aromatic carbocycles. The highest BCUT2D eigenvalue weighted by atomic mass is 32.1. The zero-order valence-corrected chi connectivity index (χ0v) is 11.6. The second kappa shape index (κ2) is 3.67. The van der Waals surface area contributed by atoms with Crippen molar-refractivity contribution in [3.63, 3.8) is 0 Å². The summed E-state index contributed by atoms with van der Waals surface area (Å²) in [5, 5.41) is 3.52. The fourth-order valence-corrected chi connectivity index (χ4v) is 2.62. The van der Waals surface area contributed by atoms with Crippen LogP contribution in [-0.2, 0) is 0 Å². The van der Waals surface area contributed by atoms with E-state index in [9.17, 15) is 0 Å². The molecule has 0 atom stereocenters. The summed E-state index contributed by atoms with van der Waals surface area (Å²) in [5.41, 5.74) is 8.06. The first-order chi connectivity index (χ1) is 7.78. The van der Waals surface area contributed by atoms with Crippen LogP contribution in [0.2, 0.25) is 0 Å². The summed E-state index contributed by atoms with van der Waals surface area (Å²) in [4.78, 5) is 4.53. The van der Waals surface area contributed by atoms with Gasteiger partial charge in [0, 0.05) is 17.8 Å². The van der Waals surface area contributed by atoms with Crippen molar-refractivity contribution in [2.45, 2.75) is 33.7 Å². The quantitative estimate of drug-likeness (QED) is 0.808. The predicted octanol–water partition coefficient (Wildman–Crippen LogP) is 2.56. The number of anilines is 1. The molecule has 1 aromatic heterocycles. The lowest BCUT2D eigenvalue weighted by atomic mass is 10.0. The second-order valence-electron chi connectivity index (χ2n) is 5.81. The smallest absolute Gasteiger partial charge is 0.106 e. The van der Waals surface area contributed by atoms with Crippen LogP contribution in [-0.4, -0.2) is 16.0 Å². The van der Waals surface area contributed by atoms with E-state index in [4.69, 9.17) is 18.0 Å². The monoisotopic (exact) mass is 249 g/mol. The highest BCUT2D eigenvalue weighted by Crippen LogP contribution is 2.63. The summed E-state index contributed by atoms with van der Waals surface area (Å²) >= 11 is 5.05. The summed E-state index contributed by atoms with van der Waals surface area (Å²) in [6.07, 6.45) is 3.50. The molecule has 1 fully saturated rings. The van der Waals surface area contributed by atoms with Crippen LogP contribution in [0.5, 0.6) is 0 Å². The molecular formula is C13H19N3S. The van der Waals surface area contributed by atoms with Crippen LogP contribution >= 0.6 is 12.2 Å². The van der Waals surface area contributed by atoms with Gasteiger partial charge in [-0.3, -0.25) is 4.98 Å². The highest BCUT2D eigenvalue weighted by Gasteiger charge is 2.65. The van der Waals surface area contributed by atoms with Crippen LogP contribution in [0.3, 0.4) is 0 Å². The molecule has 0 unspecified atom stereocenters. The van der Waals surface area contributed by atoms with Crippen molar-refractivity contribution in [1.29, 1.82) is 0 Å². The Labute approximate surface area is 108 Å². The number of aromatic nitrogens is 1. The summed E-state index contributed by atoms with van der Waals surface area (Å²) in [7, 11) is 0. The van der Waals surface area contributed by atoms with Gasteiger partial charge < -0.3 is 11.1 Å². The van der Waals surface area contributed by atoms with Crippen LogP contribution in [0.1, 0.15) is 33.3 Å². The Morgan fingerprint density at radius 2 is 1.94 bits per heavy atom. The predicted molar refractivity (Wildman–Crippen MR) is 75.1 cm³/mol. The molecule has 4 heteroatoms. The van der Waals surface area contributed by atoms with Crippen LogP contribution < -0.4 is 11.1 Å². The molecule has 92 valence electrons. The lowest BCUT2D eigenvalue weighted by Gasteiger charge is -2.11. The molecule has 2 rings (SSSR count). The second-order valence-corrected chi connectivity index (χ2v) is 6.25. The molecule has 0 bridgehead atoms. The first kappa shape index (κ1) is 12.3. The van der Waals surface area contributed by atoms with Gasteiger partial charge in [0.1, 0.15) is 4.99 Å². The van der Waals surface area contributed by atoms with Gasteiger partial charge in [-0.2, -0.15) is 0 Å². The molecule has 1 aliphatic rings. The van der Waals surface area contributed by atoms with Crippen molar-refractivity contribution < 1.29 is 0 Å². The van der Waals surface area contributed by atoms with E-state index >= 15 is 0 Å². The van der Waals surface area contributed by atoms with Gasteiger partial charge in [0.2, 0.25) is 0 Å². The number of nitrogens with zero attached hydrogens (tertiary/aromatic N) is 1. The molecule has 1 heterocycles. The van der Waals surface area contributed by atoms with E-state index in [2.05, 4.69) is 38.0 Å². The summed E-state index contributed by atoms with van der Waals surface area (Å²) < 4.78 is 0. The van der Waals surface area contributed by atoms with Gasteiger partial charge >= 0.3 is 0 Å². The highest BCUT2D eigenvalue weighted by molar-refractivity contribution is 7.80. The van der Waals surface area contributed by atoms with Crippen molar-refractivity contribution in [2.75, 3.05) is 5.32 Å². The summed E-state index contributed by atoms with van der Waals surface area (Å²) in [6, 6.07) is 2.28. The average Bonchev–Trinajstić information content (AvgIpc) is 2.61. The van der Waals surface area contributed by atoms with Crippen molar-refractivity contribution >= 4 is 22.9 Å². The number of thiocarbonyl (C=S) groups is 1. The Hall–Kier alpha value is -1.16. The first-order valence-corrected chi connectivity index (χ1v) is 6.19. The minimum Gasteiger partial charge on any atom is -0.389 e. The number of rotatable bonds is 3. The molecule has 17 heavy (non-hydrogen) atoms. The Morgan fingerprint density at radius 1 is 1.35 bits per heavy atom. The van der Waals surface area contributed by atoms with E-state index < -0.39 is 0 Å². The largest absolute Gasteiger partial charge is 0.389 e. The molecule has 3 nitrogen and oxygen atoms in total. The van der Waals surface area contributed by atoms with Crippen LogP contribution in [0.25, 0.3) is 0 Å². The molecule has 1 aromatic rings. The fourth-order valence-electron chi connectivity index (χ4n) is 2.44. The van der Waals surface area contributed by atoms with Gasteiger partial charge in [0.05, 0.1) is 11.9 Å². The molecule has 1 saturated carbocycles. The lowest BCUT2D eigenvalue weighted by molar-refractivity contribution is 0.457. The Bertz CT molecular complexity index is 451. The third-order valence-corrected chi connectivity index (χ3v) is 4.63. The van der Waals surface area contributed by atoms with E-state index in [1.54, 1.807) is 12.4 Å². The number of nitrogens with two attached hydrogens (primary N) is 1. The van der Waals surface area contributed by atoms with E-state index in [1.807, 2.05) is 6.07 Å². The number of hydrogen-bond donors (Lipinski definition) is 2. The Balaban J connectivity index is 2.25. The minimum absolute atomic E-state index is 0.274. The normalized spacial score (nSPS) is 20.9. The van der Waals surface area contributed by atoms with Crippen molar-refractivity contribution in [2.24, 2.45) is 16.6 Å². The van der Waals surface area contributed by atoms with Crippen LogP contribution in [0, 0.1) is 10.8 Å². The average molecular weight is 249 g/mol. The fraction of sp³-hybridized carbons (Fsp3) is 0.538. The first-order valence-electron chi connectivity index (χ1n) is 5.79. The topological polar surface area (TPSA) is 50.9 Å². The molecular weight excluding hydrogens is 230 g/mol. The maximum absolute atomic E-state index is 5.71. The molecule has 3 N–H and O–H groups in total. The number of pyridine rings is 1. The standard InChI is InChI=1S/C13H19N3S/c1-12(2)11(13(12,3)4)16-9-7-15-6-5-8(9)10(14)17/h5-7,11,16H,1-4H3,(H2,14,17). The van der Waals surface area contributed by atoms with Gasteiger partial charge in [-0.1, -0.05) is 39.9 Å². The maximum atomic E-state index is 5.71. The van der Waals surface area contributed by atoms with Gasteiger partial charge in [-0.05, 0) is 16.9 Å². The van der Waals surface area contributed by atoms with E-state index in [-0.39, 0.29) is 10.8 Å². The van der Waals surface area contributed by atoms with E-state index in [1.165, 1.54) is 0 Å². The number of hydrogen-bond acceptors (Lipinski definition) is 3.